The Labute approximate surface area is 136 Å². The maximum absolute atomic E-state index is 5.90. The van der Waals surface area contributed by atoms with Crippen LogP contribution in [0, 0.1) is 0 Å². The van der Waals surface area contributed by atoms with Gasteiger partial charge in [0.25, 0.3) is 0 Å². The summed E-state index contributed by atoms with van der Waals surface area (Å²) in [5, 5.41) is 1.17. The lowest BCUT2D eigenvalue weighted by Gasteiger charge is -2.22. The van der Waals surface area contributed by atoms with Crippen molar-refractivity contribution in [1.82, 2.24) is 9.97 Å². The smallest absolute Gasteiger partial charge is 0.322 e. The van der Waals surface area contributed by atoms with Crippen molar-refractivity contribution in [3.8, 4) is 11.8 Å². The fourth-order valence-corrected chi connectivity index (χ4v) is 3.41. The molecular weight excluding hydrogens is 284 g/mol. The van der Waals surface area contributed by atoms with Crippen molar-refractivity contribution in [1.29, 1.82) is 0 Å². The van der Waals surface area contributed by atoms with Crippen molar-refractivity contribution >= 4 is 10.9 Å². The summed E-state index contributed by atoms with van der Waals surface area (Å²) >= 11 is 0. The SMILES string of the molecule is c1ccc(Oc2nc(C3CCCCC3)c3ccccc3n2)cc1. The third-order valence-corrected chi connectivity index (χ3v) is 4.56. The molecule has 0 atom stereocenters. The van der Waals surface area contributed by atoms with Gasteiger partial charge < -0.3 is 4.74 Å². The van der Waals surface area contributed by atoms with Crippen LogP contribution in [-0.2, 0) is 0 Å². The average molecular weight is 304 g/mol. The molecule has 1 heterocycles. The fraction of sp³-hybridized carbons (Fsp3) is 0.300. The van der Waals surface area contributed by atoms with Gasteiger partial charge >= 0.3 is 6.01 Å². The first-order valence-electron chi connectivity index (χ1n) is 8.40. The second kappa shape index (κ2) is 6.37. The van der Waals surface area contributed by atoms with Gasteiger partial charge in [-0.2, -0.15) is 9.97 Å². The third-order valence-electron chi connectivity index (χ3n) is 4.56. The summed E-state index contributed by atoms with van der Waals surface area (Å²) in [7, 11) is 0. The third kappa shape index (κ3) is 3.04. The van der Waals surface area contributed by atoms with E-state index in [1.807, 2.05) is 42.5 Å². The van der Waals surface area contributed by atoms with E-state index >= 15 is 0 Å². The van der Waals surface area contributed by atoms with Crippen molar-refractivity contribution in [3.63, 3.8) is 0 Å². The first-order valence-corrected chi connectivity index (χ1v) is 8.40. The zero-order chi connectivity index (χ0) is 15.5. The Morgan fingerprint density at radius 1 is 0.783 bits per heavy atom. The molecule has 1 fully saturated rings. The Morgan fingerprint density at radius 2 is 1.52 bits per heavy atom. The molecule has 1 aliphatic carbocycles. The highest BCUT2D eigenvalue weighted by Crippen LogP contribution is 2.36. The molecule has 1 aromatic heterocycles. The van der Waals surface area contributed by atoms with Gasteiger partial charge in [-0.1, -0.05) is 55.7 Å². The molecule has 0 spiro atoms. The molecule has 0 unspecified atom stereocenters. The van der Waals surface area contributed by atoms with Gasteiger partial charge in [0.2, 0.25) is 0 Å². The number of fused-ring (bicyclic) bond motifs is 1. The number of aromatic nitrogens is 2. The molecule has 116 valence electrons. The Hall–Kier alpha value is -2.42. The Kier molecular flexibility index (Phi) is 3.93. The topological polar surface area (TPSA) is 35.0 Å². The van der Waals surface area contributed by atoms with Gasteiger partial charge in [0, 0.05) is 11.3 Å². The normalized spacial score (nSPS) is 15.7. The molecule has 4 rings (SSSR count). The molecule has 0 bridgehead atoms. The van der Waals surface area contributed by atoms with Crippen LogP contribution in [0.25, 0.3) is 10.9 Å². The lowest BCUT2D eigenvalue weighted by molar-refractivity contribution is 0.417. The first-order chi connectivity index (χ1) is 11.4. The van der Waals surface area contributed by atoms with E-state index in [1.165, 1.54) is 37.5 Å². The van der Waals surface area contributed by atoms with Gasteiger partial charge in [0.1, 0.15) is 5.75 Å². The van der Waals surface area contributed by atoms with Crippen LogP contribution < -0.4 is 4.74 Å². The predicted octanol–water partition coefficient (Wildman–Crippen LogP) is 5.47. The lowest BCUT2D eigenvalue weighted by atomic mass is 9.85. The molecule has 0 N–H and O–H groups in total. The zero-order valence-corrected chi connectivity index (χ0v) is 13.1. The summed E-state index contributed by atoms with van der Waals surface area (Å²) in [4.78, 5) is 9.38. The molecule has 2 aromatic carbocycles. The van der Waals surface area contributed by atoms with Crippen LogP contribution in [0.3, 0.4) is 0 Å². The van der Waals surface area contributed by atoms with Gasteiger partial charge in [0.15, 0.2) is 0 Å². The molecule has 1 saturated carbocycles. The van der Waals surface area contributed by atoms with E-state index in [9.17, 15) is 0 Å². The quantitative estimate of drug-likeness (QED) is 0.643. The summed E-state index contributed by atoms with van der Waals surface area (Å²) in [5.41, 5.74) is 2.12. The molecule has 3 heteroatoms. The number of rotatable bonds is 3. The van der Waals surface area contributed by atoms with Crippen molar-refractivity contribution in [2.24, 2.45) is 0 Å². The van der Waals surface area contributed by atoms with Crippen LogP contribution >= 0.6 is 0 Å². The number of para-hydroxylation sites is 2. The summed E-state index contributed by atoms with van der Waals surface area (Å²) in [5.74, 6) is 1.30. The molecule has 0 aliphatic heterocycles. The summed E-state index contributed by atoms with van der Waals surface area (Å²) in [6, 6.07) is 18.5. The minimum atomic E-state index is 0.454. The van der Waals surface area contributed by atoms with Crippen LogP contribution in [0.4, 0.5) is 0 Å². The lowest BCUT2D eigenvalue weighted by Crippen LogP contribution is -2.08. The van der Waals surface area contributed by atoms with Crippen molar-refractivity contribution in [2.45, 2.75) is 38.0 Å². The van der Waals surface area contributed by atoms with Crippen LogP contribution in [0.5, 0.6) is 11.8 Å². The van der Waals surface area contributed by atoms with Crippen molar-refractivity contribution in [3.05, 3.63) is 60.3 Å². The van der Waals surface area contributed by atoms with Gasteiger partial charge in [0.05, 0.1) is 11.2 Å². The molecule has 23 heavy (non-hydrogen) atoms. The minimum Gasteiger partial charge on any atom is -0.424 e. The molecule has 1 aliphatic rings. The molecule has 3 aromatic rings. The number of nitrogens with zero attached hydrogens (tertiary/aromatic N) is 2. The highest BCUT2D eigenvalue weighted by Gasteiger charge is 2.21. The monoisotopic (exact) mass is 304 g/mol. The number of hydrogen-bond acceptors (Lipinski definition) is 3. The molecule has 0 amide bonds. The van der Waals surface area contributed by atoms with E-state index in [1.54, 1.807) is 0 Å². The average Bonchev–Trinajstić information content (AvgIpc) is 2.63. The van der Waals surface area contributed by atoms with Crippen LogP contribution in [0.2, 0.25) is 0 Å². The van der Waals surface area contributed by atoms with Gasteiger partial charge in [-0.05, 0) is 31.0 Å². The second-order valence-electron chi connectivity index (χ2n) is 6.16. The largest absolute Gasteiger partial charge is 0.424 e. The predicted molar refractivity (Wildman–Crippen MR) is 91.9 cm³/mol. The van der Waals surface area contributed by atoms with Gasteiger partial charge in [-0.15, -0.1) is 0 Å². The minimum absolute atomic E-state index is 0.454. The highest BCUT2D eigenvalue weighted by atomic mass is 16.5. The maximum Gasteiger partial charge on any atom is 0.322 e. The van der Waals surface area contributed by atoms with Crippen LogP contribution in [-0.4, -0.2) is 9.97 Å². The Bertz CT molecular complexity index is 795. The Morgan fingerprint density at radius 3 is 2.35 bits per heavy atom. The standard InChI is InChI=1S/C20H20N2O/c1-3-9-15(10-4-1)19-17-13-7-8-14-18(17)21-20(22-19)23-16-11-5-2-6-12-16/h2,5-8,11-15H,1,3-4,9-10H2. The van der Waals surface area contributed by atoms with E-state index in [4.69, 9.17) is 9.72 Å². The van der Waals surface area contributed by atoms with Crippen LogP contribution in [0.15, 0.2) is 54.6 Å². The maximum atomic E-state index is 5.90. The molecule has 3 nitrogen and oxygen atoms in total. The Balaban J connectivity index is 1.76. The number of benzene rings is 2. The molecule has 0 radical (unpaired) electrons. The summed E-state index contributed by atoms with van der Waals surface area (Å²) in [6.07, 6.45) is 6.35. The highest BCUT2D eigenvalue weighted by molar-refractivity contribution is 5.81. The second-order valence-corrected chi connectivity index (χ2v) is 6.16. The summed E-state index contributed by atoms with van der Waals surface area (Å²) in [6.45, 7) is 0. The van der Waals surface area contributed by atoms with Crippen molar-refractivity contribution in [2.75, 3.05) is 0 Å². The van der Waals surface area contributed by atoms with E-state index in [0.29, 0.717) is 11.9 Å². The number of hydrogen-bond donors (Lipinski definition) is 0. The van der Waals surface area contributed by atoms with Gasteiger partial charge in [-0.25, -0.2) is 0 Å². The summed E-state index contributed by atoms with van der Waals surface area (Å²) < 4.78 is 5.90. The first kappa shape index (κ1) is 14.2. The van der Waals surface area contributed by atoms with E-state index in [-0.39, 0.29) is 0 Å². The van der Waals surface area contributed by atoms with E-state index < -0.39 is 0 Å². The van der Waals surface area contributed by atoms with E-state index in [2.05, 4.69) is 17.1 Å². The zero-order valence-electron chi connectivity index (χ0n) is 13.1. The molecular formula is C20H20N2O. The van der Waals surface area contributed by atoms with Crippen LogP contribution in [0.1, 0.15) is 43.7 Å². The molecule has 0 saturated heterocycles. The van der Waals surface area contributed by atoms with E-state index in [0.717, 1.165) is 17.0 Å². The van der Waals surface area contributed by atoms with Gasteiger partial charge in [-0.3, -0.25) is 0 Å². The number of ether oxygens (including phenoxy) is 1. The fourth-order valence-electron chi connectivity index (χ4n) is 3.41. The van der Waals surface area contributed by atoms with Crippen molar-refractivity contribution < 1.29 is 4.74 Å².